The minimum absolute atomic E-state index is 0. The number of nitrogens with zero attached hydrogens (tertiary/aromatic N) is 2. The number of ether oxygens (including phenoxy) is 1. The molecule has 0 unspecified atom stereocenters. The lowest BCUT2D eigenvalue weighted by atomic mass is 10.1. The predicted octanol–water partition coefficient (Wildman–Crippen LogP) is 3.63. The van der Waals surface area contributed by atoms with E-state index in [1.807, 2.05) is 18.2 Å². The molecule has 5 nitrogen and oxygen atoms in total. The van der Waals surface area contributed by atoms with Gasteiger partial charge in [-0.1, -0.05) is 36.4 Å². The number of hydrogen-bond donors (Lipinski definition) is 2. The van der Waals surface area contributed by atoms with Crippen LogP contribution in [-0.2, 0) is 19.6 Å². The molecular weight excluding hydrogens is 451 g/mol. The van der Waals surface area contributed by atoms with Crippen LogP contribution in [0.15, 0.2) is 53.5 Å². The summed E-state index contributed by atoms with van der Waals surface area (Å²) in [5.74, 6) is 1.67. The first-order valence-electron chi connectivity index (χ1n) is 8.99. The second kappa shape index (κ2) is 12.6. The van der Waals surface area contributed by atoms with Gasteiger partial charge in [0.15, 0.2) is 5.96 Å². The Balaban J connectivity index is 0.00000364. The van der Waals surface area contributed by atoms with Gasteiger partial charge in [-0.3, -0.25) is 0 Å². The third kappa shape index (κ3) is 8.17. The topological polar surface area (TPSA) is 48.9 Å². The van der Waals surface area contributed by atoms with Crippen molar-refractivity contribution in [1.29, 1.82) is 0 Å². The summed E-state index contributed by atoms with van der Waals surface area (Å²) in [5.41, 5.74) is 3.73. The Morgan fingerprint density at radius 2 is 1.78 bits per heavy atom. The number of aliphatic imine (C=N–C) groups is 1. The molecular formula is C21H31IN4O. The SMILES string of the molecule is CCNC(=NCc1cccc(OC)c1)NCc1ccccc1CN(C)C.I. The van der Waals surface area contributed by atoms with Crippen LogP contribution >= 0.6 is 24.0 Å². The van der Waals surface area contributed by atoms with Crippen LogP contribution < -0.4 is 15.4 Å². The minimum atomic E-state index is 0. The second-order valence-corrected chi connectivity index (χ2v) is 6.41. The van der Waals surface area contributed by atoms with Gasteiger partial charge in [0.2, 0.25) is 0 Å². The van der Waals surface area contributed by atoms with Crippen LogP contribution in [-0.4, -0.2) is 38.6 Å². The number of rotatable bonds is 8. The van der Waals surface area contributed by atoms with Crippen LogP contribution in [0.25, 0.3) is 0 Å². The van der Waals surface area contributed by atoms with Crippen LogP contribution in [0, 0.1) is 0 Å². The number of guanidine groups is 1. The van der Waals surface area contributed by atoms with Crippen molar-refractivity contribution in [2.75, 3.05) is 27.7 Å². The lowest BCUT2D eigenvalue weighted by Gasteiger charge is -2.16. The van der Waals surface area contributed by atoms with Crippen LogP contribution in [0.5, 0.6) is 5.75 Å². The predicted molar refractivity (Wildman–Crippen MR) is 124 cm³/mol. The normalized spacial score (nSPS) is 11.1. The molecule has 0 radical (unpaired) electrons. The Labute approximate surface area is 180 Å². The molecule has 0 saturated carbocycles. The first kappa shape index (κ1) is 23.2. The molecule has 0 bridgehead atoms. The number of halogens is 1. The van der Waals surface area contributed by atoms with Crippen molar-refractivity contribution < 1.29 is 4.74 Å². The zero-order valence-electron chi connectivity index (χ0n) is 16.7. The molecule has 0 aliphatic carbocycles. The highest BCUT2D eigenvalue weighted by Crippen LogP contribution is 2.13. The molecule has 0 aliphatic heterocycles. The zero-order valence-corrected chi connectivity index (χ0v) is 19.0. The van der Waals surface area contributed by atoms with Gasteiger partial charge in [-0.15, -0.1) is 24.0 Å². The van der Waals surface area contributed by atoms with E-state index in [2.05, 4.69) is 66.9 Å². The van der Waals surface area contributed by atoms with Gasteiger partial charge in [-0.2, -0.15) is 0 Å². The van der Waals surface area contributed by atoms with Crippen molar-refractivity contribution in [2.45, 2.75) is 26.6 Å². The molecule has 0 aliphatic rings. The molecule has 0 saturated heterocycles. The average molecular weight is 482 g/mol. The van der Waals surface area contributed by atoms with Crippen molar-refractivity contribution in [2.24, 2.45) is 4.99 Å². The van der Waals surface area contributed by atoms with Gasteiger partial charge in [-0.25, -0.2) is 4.99 Å². The summed E-state index contributed by atoms with van der Waals surface area (Å²) in [5, 5.41) is 6.75. The van der Waals surface area contributed by atoms with Gasteiger partial charge in [0, 0.05) is 19.6 Å². The van der Waals surface area contributed by atoms with E-state index in [0.717, 1.165) is 36.9 Å². The van der Waals surface area contributed by atoms with Crippen LogP contribution in [0.1, 0.15) is 23.6 Å². The number of nitrogens with one attached hydrogen (secondary N) is 2. The number of methoxy groups -OCH3 is 1. The third-order valence-corrected chi connectivity index (χ3v) is 3.95. The Hall–Kier alpha value is -1.80. The second-order valence-electron chi connectivity index (χ2n) is 6.41. The molecule has 0 fully saturated rings. The fourth-order valence-corrected chi connectivity index (χ4v) is 2.69. The molecule has 6 heteroatoms. The van der Waals surface area contributed by atoms with E-state index in [4.69, 9.17) is 9.73 Å². The van der Waals surface area contributed by atoms with Gasteiger partial charge in [-0.05, 0) is 49.8 Å². The molecule has 0 spiro atoms. The van der Waals surface area contributed by atoms with Gasteiger partial charge >= 0.3 is 0 Å². The number of hydrogen-bond acceptors (Lipinski definition) is 3. The average Bonchev–Trinajstić information content (AvgIpc) is 2.65. The Morgan fingerprint density at radius 3 is 2.44 bits per heavy atom. The molecule has 0 amide bonds. The van der Waals surface area contributed by atoms with Crippen molar-refractivity contribution in [3.05, 3.63) is 65.2 Å². The summed E-state index contributed by atoms with van der Waals surface area (Å²) >= 11 is 0. The molecule has 2 N–H and O–H groups in total. The van der Waals surface area contributed by atoms with E-state index in [9.17, 15) is 0 Å². The first-order valence-corrected chi connectivity index (χ1v) is 8.99. The quantitative estimate of drug-likeness (QED) is 0.343. The summed E-state index contributed by atoms with van der Waals surface area (Å²) in [6.45, 7) is 5.17. The van der Waals surface area contributed by atoms with Crippen LogP contribution in [0.3, 0.4) is 0 Å². The molecule has 0 heterocycles. The van der Waals surface area contributed by atoms with Crippen molar-refractivity contribution in [1.82, 2.24) is 15.5 Å². The molecule has 0 aromatic heterocycles. The van der Waals surface area contributed by atoms with Crippen molar-refractivity contribution in [3.63, 3.8) is 0 Å². The highest BCUT2D eigenvalue weighted by atomic mass is 127. The molecule has 148 valence electrons. The number of benzene rings is 2. The Morgan fingerprint density at radius 1 is 1.04 bits per heavy atom. The van der Waals surface area contributed by atoms with E-state index < -0.39 is 0 Å². The van der Waals surface area contributed by atoms with Gasteiger partial charge in [0.05, 0.1) is 13.7 Å². The first-order chi connectivity index (χ1) is 12.6. The van der Waals surface area contributed by atoms with E-state index in [1.54, 1.807) is 7.11 Å². The van der Waals surface area contributed by atoms with Crippen molar-refractivity contribution in [3.8, 4) is 5.75 Å². The largest absolute Gasteiger partial charge is 0.497 e. The van der Waals surface area contributed by atoms with Gasteiger partial charge in [0.1, 0.15) is 5.75 Å². The summed E-state index contributed by atoms with van der Waals surface area (Å²) in [6, 6.07) is 16.5. The molecule has 2 aromatic carbocycles. The van der Waals surface area contributed by atoms with Crippen LogP contribution in [0.4, 0.5) is 0 Å². The molecule has 2 rings (SSSR count). The Kier molecular flexibility index (Phi) is 10.8. The standard InChI is InChI=1S/C21H30N4O.HI/c1-5-22-21(23-14-17-9-8-12-20(13-17)26-4)24-15-18-10-6-7-11-19(18)16-25(2)3;/h6-13H,5,14-16H2,1-4H3,(H2,22,23,24);1H. The maximum absolute atomic E-state index is 5.28. The maximum Gasteiger partial charge on any atom is 0.191 e. The lowest BCUT2D eigenvalue weighted by molar-refractivity contribution is 0.400. The smallest absolute Gasteiger partial charge is 0.191 e. The molecule has 0 atom stereocenters. The molecule has 2 aromatic rings. The van der Waals surface area contributed by atoms with Gasteiger partial charge < -0.3 is 20.3 Å². The fraction of sp³-hybridized carbons (Fsp3) is 0.381. The van der Waals surface area contributed by atoms with E-state index >= 15 is 0 Å². The fourth-order valence-electron chi connectivity index (χ4n) is 2.69. The highest BCUT2D eigenvalue weighted by molar-refractivity contribution is 14.0. The summed E-state index contributed by atoms with van der Waals surface area (Å²) in [4.78, 5) is 6.87. The summed E-state index contributed by atoms with van der Waals surface area (Å²) < 4.78 is 5.28. The van der Waals surface area contributed by atoms with E-state index in [-0.39, 0.29) is 24.0 Å². The third-order valence-electron chi connectivity index (χ3n) is 3.95. The Bertz CT molecular complexity index is 719. The maximum atomic E-state index is 5.28. The summed E-state index contributed by atoms with van der Waals surface area (Å²) in [6.07, 6.45) is 0. The van der Waals surface area contributed by atoms with E-state index in [0.29, 0.717) is 6.54 Å². The summed E-state index contributed by atoms with van der Waals surface area (Å²) in [7, 11) is 5.85. The van der Waals surface area contributed by atoms with Gasteiger partial charge in [0.25, 0.3) is 0 Å². The van der Waals surface area contributed by atoms with Crippen LogP contribution in [0.2, 0.25) is 0 Å². The highest BCUT2D eigenvalue weighted by Gasteiger charge is 2.05. The minimum Gasteiger partial charge on any atom is -0.497 e. The van der Waals surface area contributed by atoms with Crippen molar-refractivity contribution >= 4 is 29.9 Å². The van der Waals surface area contributed by atoms with E-state index in [1.165, 1.54) is 11.1 Å². The zero-order chi connectivity index (χ0) is 18.8. The lowest BCUT2D eigenvalue weighted by Crippen LogP contribution is -2.37. The molecule has 27 heavy (non-hydrogen) atoms. The monoisotopic (exact) mass is 482 g/mol.